The highest BCUT2D eigenvalue weighted by Crippen LogP contribution is 2.49. The third-order valence-corrected chi connectivity index (χ3v) is 5.21. The number of nitrogens with zero attached hydrogens (tertiary/aromatic N) is 3. The molecule has 0 amide bonds. The number of ether oxygens (including phenoxy) is 1. The van der Waals surface area contributed by atoms with E-state index in [1.807, 2.05) is 0 Å². The lowest BCUT2D eigenvalue weighted by molar-refractivity contribution is -0.149. The molecule has 2 heterocycles. The molecular weight excluding hydrogens is 445 g/mol. The third kappa shape index (κ3) is 4.54. The molecule has 0 radical (unpaired) electrons. The normalized spacial score (nSPS) is 20.6. The summed E-state index contributed by atoms with van der Waals surface area (Å²) in [5.74, 6) is -1.87. The van der Waals surface area contributed by atoms with Crippen molar-refractivity contribution in [2.24, 2.45) is 0 Å². The second kappa shape index (κ2) is 9.04. The molecule has 0 fully saturated rings. The van der Waals surface area contributed by atoms with E-state index < -0.39 is 53.5 Å². The van der Waals surface area contributed by atoms with Crippen LogP contribution in [0.2, 0.25) is 0 Å². The number of rotatable bonds is 8. The molecule has 33 heavy (non-hydrogen) atoms. The zero-order chi connectivity index (χ0) is 24.6. The van der Waals surface area contributed by atoms with Gasteiger partial charge in [-0.1, -0.05) is 30.3 Å². The topological polar surface area (TPSA) is 109 Å². The number of carboxylic acid groups (broad SMARTS) is 1. The lowest BCUT2D eigenvalue weighted by atomic mass is 9.80. The Kier molecular flexibility index (Phi) is 6.73. The fourth-order valence-corrected chi connectivity index (χ4v) is 3.54. The predicted molar refractivity (Wildman–Crippen MR) is 109 cm³/mol. The maximum Gasteiger partial charge on any atom is 0.433 e. The van der Waals surface area contributed by atoms with Gasteiger partial charge in [0.05, 0.1) is 18.8 Å². The lowest BCUT2D eigenvalue weighted by Crippen LogP contribution is -2.37. The molecule has 0 saturated heterocycles. The van der Waals surface area contributed by atoms with E-state index in [9.17, 15) is 28.2 Å². The first-order valence-electron chi connectivity index (χ1n) is 10.0. The summed E-state index contributed by atoms with van der Waals surface area (Å²) < 4.78 is 49.0. The molecule has 0 aliphatic carbocycles. The average molecular weight is 470 g/mol. The number of aliphatic hydroxyl groups excluding tert-OH is 1. The van der Waals surface area contributed by atoms with E-state index in [4.69, 9.17) is 9.57 Å². The molecule has 9 nitrogen and oxygen atoms in total. The summed E-state index contributed by atoms with van der Waals surface area (Å²) in [6.07, 6.45) is -5.79. The average Bonchev–Trinajstić information content (AvgIpc) is 3.30. The number of aromatic nitrogens is 2. The summed E-state index contributed by atoms with van der Waals surface area (Å²) in [4.78, 5) is 19.8. The highest BCUT2D eigenvalue weighted by Gasteiger charge is 2.56. The number of benzene rings is 1. The Hall–Kier alpha value is -3.09. The van der Waals surface area contributed by atoms with E-state index in [0.717, 1.165) is 6.20 Å². The molecule has 2 unspecified atom stereocenters. The van der Waals surface area contributed by atoms with Crippen molar-refractivity contribution in [2.75, 3.05) is 14.1 Å². The Labute approximate surface area is 188 Å². The van der Waals surface area contributed by atoms with E-state index in [1.54, 1.807) is 44.1 Å². The van der Waals surface area contributed by atoms with Crippen LogP contribution in [0.15, 0.2) is 48.0 Å². The minimum Gasteiger partial charge on any atom is -0.478 e. The molecule has 1 aromatic carbocycles. The van der Waals surface area contributed by atoms with E-state index in [1.165, 1.54) is 19.1 Å². The van der Waals surface area contributed by atoms with Crippen LogP contribution in [0, 0.1) is 0 Å². The van der Waals surface area contributed by atoms with Crippen molar-refractivity contribution < 1.29 is 37.8 Å². The molecule has 12 heteroatoms. The summed E-state index contributed by atoms with van der Waals surface area (Å²) in [6, 6.07) is 7.64. The highest BCUT2D eigenvalue weighted by molar-refractivity contribution is 5.92. The van der Waals surface area contributed by atoms with Gasteiger partial charge < -0.3 is 14.9 Å². The van der Waals surface area contributed by atoms with Crippen LogP contribution in [0.25, 0.3) is 0 Å². The van der Waals surface area contributed by atoms with Crippen LogP contribution in [0.3, 0.4) is 0 Å². The van der Waals surface area contributed by atoms with Crippen LogP contribution < -0.4 is 5.48 Å². The van der Waals surface area contributed by atoms with Gasteiger partial charge in [0.15, 0.2) is 11.8 Å². The minimum atomic E-state index is -4.93. The zero-order valence-electron chi connectivity index (χ0n) is 18.4. The Bertz CT molecular complexity index is 1040. The van der Waals surface area contributed by atoms with Gasteiger partial charge in [0.25, 0.3) is 0 Å². The smallest absolute Gasteiger partial charge is 0.433 e. The predicted octanol–water partition coefficient (Wildman–Crippen LogP) is 2.28. The fourth-order valence-electron chi connectivity index (χ4n) is 3.54. The van der Waals surface area contributed by atoms with E-state index in [2.05, 4.69) is 10.6 Å². The van der Waals surface area contributed by atoms with Gasteiger partial charge in [0, 0.05) is 5.56 Å². The van der Waals surface area contributed by atoms with Crippen molar-refractivity contribution in [3.05, 3.63) is 64.8 Å². The molecule has 1 aliphatic heterocycles. The minimum absolute atomic E-state index is 0.119. The van der Waals surface area contributed by atoms with Gasteiger partial charge in [-0.25, -0.2) is 10.3 Å². The highest BCUT2D eigenvalue weighted by atomic mass is 19.4. The summed E-state index contributed by atoms with van der Waals surface area (Å²) in [6.45, 7) is 2.50. The van der Waals surface area contributed by atoms with Crippen LogP contribution in [0.1, 0.15) is 30.7 Å². The van der Waals surface area contributed by atoms with Crippen molar-refractivity contribution in [1.82, 2.24) is 20.2 Å². The van der Waals surface area contributed by atoms with Crippen LogP contribution in [0.4, 0.5) is 13.2 Å². The van der Waals surface area contributed by atoms with Gasteiger partial charge in [-0.3, -0.25) is 14.4 Å². The van der Waals surface area contributed by atoms with E-state index >= 15 is 0 Å². The molecule has 180 valence electrons. The monoisotopic (exact) mass is 470 g/mol. The summed E-state index contributed by atoms with van der Waals surface area (Å²) in [5.41, 5.74) is -2.09. The number of halogens is 3. The first kappa shape index (κ1) is 24.6. The molecule has 1 aliphatic rings. The van der Waals surface area contributed by atoms with E-state index in [0.29, 0.717) is 4.68 Å². The maximum atomic E-state index is 14.3. The second-order valence-corrected chi connectivity index (χ2v) is 7.88. The second-order valence-electron chi connectivity index (χ2n) is 7.88. The largest absolute Gasteiger partial charge is 0.478 e. The number of nitrogens with one attached hydrogen (secondary N) is 1. The Balaban J connectivity index is 2.35. The molecule has 0 bridgehead atoms. The zero-order valence-corrected chi connectivity index (χ0v) is 18.4. The molecule has 2 aromatic rings. The number of hydroxylamine groups is 1. The summed E-state index contributed by atoms with van der Waals surface area (Å²) in [5, 5.41) is 23.6. The first-order chi connectivity index (χ1) is 15.4. The van der Waals surface area contributed by atoms with Gasteiger partial charge >= 0.3 is 12.1 Å². The Morgan fingerprint density at radius 1 is 1.30 bits per heavy atom. The van der Waals surface area contributed by atoms with Crippen LogP contribution >= 0.6 is 0 Å². The van der Waals surface area contributed by atoms with Crippen LogP contribution in [-0.4, -0.2) is 57.3 Å². The van der Waals surface area contributed by atoms with Crippen molar-refractivity contribution >= 4 is 5.97 Å². The molecule has 3 atom stereocenters. The SMILES string of the molecule is CC(OC1=C(C(=O)O)C(c2ccccc2)(c2cnn(C[C@H](C)O)c2C(F)(F)F)ON1)N(C)C. The number of hydrogen-bond donors (Lipinski definition) is 3. The molecular formula is C21H25F3N4O5. The lowest BCUT2D eigenvalue weighted by Gasteiger charge is -2.29. The number of hydrogen-bond acceptors (Lipinski definition) is 7. The quantitative estimate of drug-likeness (QED) is 0.505. The maximum absolute atomic E-state index is 14.3. The van der Waals surface area contributed by atoms with Crippen molar-refractivity contribution in [3.63, 3.8) is 0 Å². The summed E-state index contributed by atoms with van der Waals surface area (Å²) >= 11 is 0. The molecule has 0 spiro atoms. The van der Waals surface area contributed by atoms with Crippen molar-refractivity contribution in [2.45, 2.75) is 44.5 Å². The third-order valence-electron chi connectivity index (χ3n) is 5.21. The Morgan fingerprint density at radius 2 is 1.94 bits per heavy atom. The first-order valence-corrected chi connectivity index (χ1v) is 10.0. The van der Waals surface area contributed by atoms with Crippen molar-refractivity contribution in [3.8, 4) is 0 Å². The number of aliphatic carboxylic acids is 1. The van der Waals surface area contributed by atoms with Crippen LogP contribution in [-0.2, 0) is 32.7 Å². The van der Waals surface area contributed by atoms with Crippen molar-refractivity contribution in [1.29, 1.82) is 0 Å². The van der Waals surface area contributed by atoms with E-state index in [-0.39, 0.29) is 11.4 Å². The number of carbonyl (C=O) groups is 1. The molecule has 3 N–H and O–H groups in total. The van der Waals surface area contributed by atoms with Gasteiger partial charge in [0.2, 0.25) is 5.88 Å². The fraction of sp³-hybridized carbons (Fsp3) is 0.429. The number of aliphatic hydroxyl groups is 1. The van der Waals surface area contributed by atoms with Crippen LogP contribution in [0.5, 0.6) is 0 Å². The molecule has 1 aromatic heterocycles. The summed E-state index contributed by atoms with van der Waals surface area (Å²) in [7, 11) is 3.38. The number of carboxylic acids is 1. The Morgan fingerprint density at radius 3 is 2.45 bits per heavy atom. The van der Waals surface area contributed by atoms with Gasteiger partial charge in [-0.05, 0) is 33.5 Å². The van der Waals surface area contributed by atoms with Gasteiger partial charge in [-0.15, -0.1) is 0 Å². The standard InChI is InChI=1S/C21H25F3N4O5/c1-12(29)11-28-17(21(22,23)24)15(10-25-28)20(14-8-6-5-7-9-14)16(19(30)31)18(26-33-20)32-13(2)27(3)4/h5-10,12-13,26,29H,11H2,1-4H3,(H,30,31)/t12-,13?,20?/m0/s1. The van der Waals surface area contributed by atoms with Gasteiger partial charge in [-0.2, -0.15) is 18.3 Å². The molecule has 3 rings (SSSR count). The number of alkyl halides is 3. The van der Waals surface area contributed by atoms with Gasteiger partial charge in [0.1, 0.15) is 11.3 Å². The molecule has 0 saturated carbocycles.